The van der Waals surface area contributed by atoms with Crippen LogP contribution in [-0.4, -0.2) is 37.0 Å². The van der Waals surface area contributed by atoms with E-state index in [4.69, 9.17) is 0 Å². The first-order valence-electron chi connectivity index (χ1n) is 5.15. The summed E-state index contributed by atoms with van der Waals surface area (Å²) < 4.78 is 0. The molecule has 1 rings (SSSR count). The minimum absolute atomic E-state index is 0.0595. The number of nitrogens with zero attached hydrogens (tertiary/aromatic N) is 1. The van der Waals surface area contributed by atoms with Crippen molar-refractivity contribution in [2.75, 3.05) is 25.9 Å². The Bertz CT molecular complexity index is 263. The Balaban J connectivity index is 2.23. The van der Waals surface area contributed by atoms with Crippen LogP contribution in [0.15, 0.2) is 4.99 Å². The molecule has 0 saturated heterocycles. The largest absolute Gasteiger partial charge is 0.364 e. The summed E-state index contributed by atoms with van der Waals surface area (Å²) in [6.45, 7) is 5.95. The number of amides is 1. The van der Waals surface area contributed by atoms with Crippen molar-refractivity contribution in [2.24, 2.45) is 10.4 Å². The number of hydrogen-bond acceptors (Lipinski definition) is 4. The number of rotatable bonds is 3. The van der Waals surface area contributed by atoms with Crippen molar-refractivity contribution >= 4 is 22.8 Å². The maximum Gasteiger partial charge on any atom is 0.221 e. The minimum Gasteiger partial charge on any atom is -0.364 e. The van der Waals surface area contributed by atoms with Crippen LogP contribution in [0.2, 0.25) is 0 Å². The van der Waals surface area contributed by atoms with Crippen LogP contribution >= 0.6 is 11.8 Å². The molecule has 1 aliphatic rings. The molecule has 0 spiro atoms. The van der Waals surface area contributed by atoms with E-state index in [1.807, 2.05) is 0 Å². The molecule has 0 aromatic rings. The zero-order chi connectivity index (χ0) is 11.3. The number of hydrogen-bond donors (Lipinski definition) is 2. The summed E-state index contributed by atoms with van der Waals surface area (Å²) in [5.74, 6) is 1.14. The molecule has 86 valence electrons. The van der Waals surface area contributed by atoms with E-state index in [0.717, 1.165) is 17.5 Å². The molecule has 0 saturated carbocycles. The van der Waals surface area contributed by atoms with E-state index in [2.05, 4.69) is 29.5 Å². The highest BCUT2D eigenvalue weighted by Gasteiger charge is 2.23. The van der Waals surface area contributed by atoms with Crippen molar-refractivity contribution in [3.63, 3.8) is 0 Å². The van der Waals surface area contributed by atoms with Crippen LogP contribution in [0, 0.1) is 5.41 Å². The smallest absolute Gasteiger partial charge is 0.221 e. The fraction of sp³-hybridized carbons (Fsp3) is 0.800. The number of thioether (sulfide) groups is 1. The molecule has 15 heavy (non-hydrogen) atoms. The Labute approximate surface area is 95.3 Å². The average Bonchev–Trinajstić information content (AvgIpc) is 2.20. The summed E-state index contributed by atoms with van der Waals surface area (Å²) in [4.78, 5) is 15.4. The van der Waals surface area contributed by atoms with Gasteiger partial charge in [-0.15, -0.1) is 0 Å². The Hall–Kier alpha value is -0.710. The van der Waals surface area contributed by atoms with Gasteiger partial charge in [-0.25, -0.2) is 0 Å². The second-order valence-electron chi connectivity index (χ2n) is 4.42. The Morgan fingerprint density at radius 1 is 1.60 bits per heavy atom. The minimum atomic E-state index is 0.0595. The summed E-state index contributed by atoms with van der Waals surface area (Å²) >= 11 is 1.74. The summed E-state index contributed by atoms with van der Waals surface area (Å²) in [5, 5.41) is 6.74. The quantitative estimate of drug-likeness (QED) is 0.754. The van der Waals surface area contributed by atoms with Crippen LogP contribution < -0.4 is 10.6 Å². The van der Waals surface area contributed by atoms with E-state index in [1.165, 1.54) is 0 Å². The number of nitrogens with one attached hydrogen (secondary N) is 2. The maximum atomic E-state index is 11.0. The van der Waals surface area contributed by atoms with Crippen molar-refractivity contribution in [3.05, 3.63) is 0 Å². The third kappa shape index (κ3) is 4.55. The van der Waals surface area contributed by atoms with Crippen LogP contribution in [0.3, 0.4) is 0 Å². The van der Waals surface area contributed by atoms with E-state index >= 15 is 0 Å². The topological polar surface area (TPSA) is 53.5 Å². The molecule has 0 bridgehead atoms. The van der Waals surface area contributed by atoms with Gasteiger partial charge in [-0.1, -0.05) is 25.6 Å². The van der Waals surface area contributed by atoms with Gasteiger partial charge in [0.05, 0.1) is 0 Å². The summed E-state index contributed by atoms with van der Waals surface area (Å²) in [7, 11) is 1.65. The van der Waals surface area contributed by atoms with E-state index in [9.17, 15) is 4.79 Å². The molecule has 0 atom stereocenters. The maximum absolute atomic E-state index is 11.0. The molecule has 0 radical (unpaired) electrons. The molecular weight excluding hydrogens is 210 g/mol. The first kappa shape index (κ1) is 12.4. The number of carbonyl (C=O) groups excluding carboxylic acids is 1. The second kappa shape index (κ2) is 5.39. The van der Waals surface area contributed by atoms with E-state index in [-0.39, 0.29) is 5.91 Å². The fourth-order valence-electron chi connectivity index (χ4n) is 1.16. The molecule has 1 aliphatic heterocycles. The first-order valence-corrected chi connectivity index (χ1v) is 6.14. The lowest BCUT2D eigenvalue weighted by Crippen LogP contribution is -2.33. The van der Waals surface area contributed by atoms with Crippen molar-refractivity contribution in [1.82, 2.24) is 10.6 Å². The highest BCUT2D eigenvalue weighted by molar-refractivity contribution is 8.13. The molecule has 0 unspecified atom stereocenters. The van der Waals surface area contributed by atoms with E-state index < -0.39 is 0 Å². The van der Waals surface area contributed by atoms with Gasteiger partial charge in [-0.2, -0.15) is 0 Å². The van der Waals surface area contributed by atoms with Gasteiger partial charge in [-0.3, -0.25) is 9.79 Å². The molecule has 0 aliphatic carbocycles. The number of aliphatic imine (C=N–C) groups is 1. The highest BCUT2D eigenvalue weighted by atomic mass is 32.2. The Morgan fingerprint density at radius 3 is 2.87 bits per heavy atom. The number of carbonyl (C=O) groups is 1. The molecule has 1 heterocycles. The molecule has 0 aromatic heterocycles. The predicted molar refractivity (Wildman–Crippen MR) is 65.2 cm³/mol. The van der Waals surface area contributed by atoms with E-state index in [0.29, 0.717) is 18.4 Å². The summed E-state index contributed by atoms with van der Waals surface area (Å²) in [5.41, 5.74) is 0.302. The summed E-state index contributed by atoms with van der Waals surface area (Å²) in [6.07, 6.45) is 0.499. The van der Waals surface area contributed by atoms with Gasteiger partial charge in [-0.05, 0) is 5.41 Å². The monoisotopic (exact) mass is 229 g/mol. The zero-order valence-corrected chi connectivity index (χ0v) is 10.4. The fourth-order valence-corrected chi connectivity index (χ4v) is 2.13. The average molecular weight is 229 g/mol. The molecule has 5 heteroatoms. The Morgan fingerprint density at radius 2 is 2.33 bits per heavy atom. The molecule has 4 nitrogen and oxygen atoms in total. The number of amidine groups is 1. The van der Waals surface area contributed by atoms with Gasteiger partial charge >= 0.3 is 0 Å². The summed E-state index contributed by atoms with van der Waals surface area (Å²) in [6, 6.07) is 0. The zero-order valence-electron chi connectivity index (χ0n) is 9.59. The third-order valence-electron chi connectivity index (χ3n) is 2.16. The lowest BCUT2D eigenvalue weighted by molar-refractivity contribution is -0.120. The van der Waals surface area contributed by atoms with Crippen LogP contribution in [0.25, 0.3) is 0 Å². The van der Waals surface area contributed by atoms with Gasteiger partial charge in [0.25, 0.3) is 0 Å². The standard InChI is InChI=1S/C10H19N3OS/c1-10(2)6-13-9(15-7-10)12-5-4-8(14)11-3/h4-7H2,1-3H3,(H,11,14)(H,12,13). The Kier molecular flexibility index (Phi) is 4.45. The predicted octanol–water partition coefficient (Wildman–Crippen LogP) is 0.841. The van der Waals surface area contributed by atoms with Crippen molar-refractivity contribution in [2.45, 2.75) is 20.3 Å². The van der Waals surface area contributed by atoms with E-state index in [1.54, 1.807) is 18.8 Å². The van der Waals surface area contributed by atoms with Gasteiger partial charge in [0.2, 0.25) is 5.91 Å². The van der Waals surface area contributed by atoms with Crippen LogP contribution in [-0.2, 0) is 4.79 Å². The SMILES string of the molecule is CNC(=O)CCNC1=NCC(C)(C)CS1. The third-order valence-corrected chi connectivity index (χ3v) is 3.63. The van der Waals surface area contributed by atoms with Gasteiger partial charge in [0, 0.05) is 32.3 Å². The lowest BCUT2D eigenvalue weighted by atomic mass is 9.97. The van der Waals surface area contributed by atoms with Crippen molar-refractivity contribution in [1.29, 1.82) is 0 Å². The van der Waals surface area contributed by atoms with Crippen molar-refractivity contribution in [3.8, 4) is 0 Å². The van der Waals surface area contributed by atoms with Crippen LogP contribution in [0.4, 0.5) is 0 Å². The molecule has 0 aromatic carbocycles. The molecule has 2 N–H and O–H groups in total. The normalized spacial score (nSPS) is 19.3. The van der Waals surface area contributed by atoms with Crippen LogP contribution in [0.5, 0.6) is 0 Å². The highest BCUT2D eigenvalue weighted by Crippen LogP contribution is 2.26. The van der Waals surface area contributed by atoms with Gasteiger partial charge < -0.3 is 10.6 Å². The first-order chi connectivity index (χ1) is 7.03. The lowest BCUT2D eigenvalue weighted by Gasteiger charge is -2.27. The van der Waals surface area contributed by atoms with Crippen molar-refractivity contribution < 1.29 is 4.79 Å². The van der Waals surface area contributed by atoms with Gasteiger partial charge in [0.15, 0.2) is 5.17 Å². The molecule has 1 amide bonds. The van der Waals surface area contributed by atoms with Gasteiger partial charge in [0.1, 0.15) is 0 Å². The second-order valence-corrected chi connectivity index (χ2v) is 5.39. The molecule has 0 fully saturated rings. The molecular formula is C10H19N3OS. The van der Waals surface area contributed by atoms with Crippen LogP contribution in [0.1, 0.15) is 20.3 Å².